The van der Waals surface area contributed by atoms with Crippen molar-refractivity contribution in [1.82, 2.24) is 0 Å². The van der Waals surface area contributed by atoms with E-state index in [9.17, 15) is 18.4 Å². The lowest BCUT2D eigenvalue weighted by Crippen LogP contribution is -2.20. The van der Waals surface area contributed by atoms with Gasteiger partial charge in [0.15, 0.2) is 17.4 Å². The number of carbonyl (C=O) groups excluding carboxylic acids is 2. The monoisotopic (exact) mass is 278 g/mol. The number of halogens is 3. The van der Waals surface area contributed by atoms with E-state index in [0.717, 1.165) is 7.11 Å². The predicted octanol–water partition coefficient (Wildman–Crippen LogP) is 2.37. The molecule has 18 heavy (non-hydrogen) atoms. The molecule has 0 amide bonds. The SMILES string of the molecule is CCOC(=O)C(=O)c1c(F)c(F)cc(Cl)c1OC. The highest BCUT2D eigenvalue weighted by Crippen LogP contribution is 2.32. The Bertz CT molecular complexity index is 502. The summed E-state index contributed by atoms with van der Waals surface area (Å²) in [6.45, 7) is 1.40. The van der Waals surface area contributed by atoms with Crippen LogP contribution in [-0.2, 0) is 9.53 Å². The first-order valence-electron chi connectivity index (χ1n) is 4.86. The number of Topliss-reactive ketones (excluding diaryl/α,β-unsaturated/α-hetero) is 1. The highest BCUT2D eigenvalue weighted by atomic mass is 35.5. The molecule has 0 aliphatic rings. The first-order valence-corrected chi connectivity index (χ1v) is 5.24. The molecule has 0 saturated carbocycles. The summed E-state index contributed by atoms with van der Waals surface area (Å²) in [5.41, 5.74) is -0.874. The summed E-state index contributed by atoms with van der Waals surface area (Å²) in [4.78, 5) is 22.8. The van der Waals surface area contributed by atoms with Crippen molar-refractivity contribution in [3.05, 3.63) is 28.3 Å². The van der Waals surface area contributed by atoms with Crippen LogP contribution < -0.4 is 4.74 Å². The molecule has 0 aromatic heterocycles. The van der Waals surface area contributed by atoms with Gasteiger partial charge in [-0.2, -0.15) is 0 Å². The fraction of sp³-hybridized carbons (Fsp3) is 0.273. The van der Waals surface area contributed by atoms with Crippen LogP contribution in [0.2, 0.25) is 5.02 Å². The zero-order chi connectivity index (χ0) is 13.9. The van der Waals surface area contributed by atoms with E-state index < -0.39 is 34.7 Å². The second-order valence-electron chi connectivity index (χ2n) is 3.11. The van der Waals surface area contributed by atoms with E-state index in [-0.39, 0.29) is 11.6 Å². The lowest BCUT2D eigenvalue weighted by atomic mass is 10.1. The number of esters is 1. The van der Waals surface area contributed by atoms with E-state index in [1.54, 1.807) is 0 Å². The minimum Gasteiger partial charge on any atom is -0.494 e. The van der Waals surface area contributed by atoms with Crippen molar-refractivity contribution in [1.29, 1.82) is 0 Å². The van der Waals surface area contributed by atoms with Crippen LogP contribution >= 0.6 is 11.6 Å². The Kier molecular flexibility index (Phi) is 4.61. The number of ether oxygens (including phenoxy) is 2. The van der Waals surface area contributed by atoms with Crippen molar-refractivity contribution in [2.45, 2.75) is 6.92 Å². The summed E-state index contributed by atoms with van der Waals surface area (Å²) in [6.07, 6.45) is 0. The van der Waals surface area contributed by atoms with Gasteiger partial charge in [0, 0.05) is 0 Å². The molecule has 0 spiro atoms. The van der Waals surface area contributed by atoms with Crippen LogP contribution in [0.4, 0.5) is 8.78 Å². The number of rotatable bonds is 4. The van der Waals surface area contributed by atoms with Gasteiger partial charge >= 0.3 is 5.97 Å². The van der Waals surface area contributed by atoms with Crippen LogP contribution in [0.3, 0.4) is 0 Å². The standard InChI is InChI=1S/C11H9ClF2O4/c1-3-18-11(16)9(15)7-8(14)6(13)4-5(12)10(7)17-2/h4H,3H2,1-2H3. The van der Waals surface area contributed by atoms with Crippen molar-refractivity contribution in [2.75, 3.05) is 13.7 Å². The maximum atomic E-state index is 13.5. The molecule has 1 aromatic carbocycles. The fourth-order valence-corrected chi connectivity index (χ4v) is 1.55. The van der Waals surface area contributed by atoms with Crippen molar-refractivity contribution >= 4 is 23.4 Å². The molecule has 0 unspecified atom stereocenters. The molecule has 0 radical (unpaired) electrons. The van der Waals surface area contributed by atoms with Gasteiger partial charge in [0.05, 0.1) is 18.7 Å². The molecule has 98 valence electrons. The zero-order valence-electron chi connectivity index (χ0n) is 9.55. The minimum atomic E-state index is -1.51. The van der Waals surface area contributed by atoms with Crippen LogP contribution in [-0.4, -0.2) is 25.5 Å². The average molecular weight is 279 g/mol. The van der Waals surface area contributed by atoms with Crippen molar-refractivity contribution < 1.29 is 27.8 Å². The first kappa shape index (κ1) is 14.4. The van der Waals surface area contributed by atoms with Crippen LogP contribution in [0.5, 0.6) is 5.75 Å². The van der Waals surface area contributed by atoms with Crippen LogP contribution in [0.15, 0.2) is 6.07 Å². The molecule has 0 N–H and O–H groups in total. The third-order valence-electron chi connectivity index (χ3n) is 2.02. The summed E-state index contributed by atoms with van der Waals surface area (Å²) in [5, 5.41) is -0.316. The van der Waals surface area contributed by atoms with Crippen molar-refractivity contribution in [3.8, 4) is 5.75 Å². The van der Waals surface area contributed by atoms with Gasteiger partial charge in [-0.3, -0.25) is 4.79 Å². The van der Waals surface area contributed by atoms with E-state index in [2.05, 4.69) is 4.74 Å². The number of carbonyl (C=O) groups is 2. The molecule has 0 saturated heterocycles. The molecule has 0 bridgehead atoms. The molecule has 0 heterocycles. The molecule has 0 fully saturated rings. The van der Waals surface area contributed by atoms with Crippen LogP contribution in [0.1, 0.15) is 17.3 Å². The number of ketones is 1. The van der Waals surface area contributed by atoms with Crippen LogP contribution in [0.25, 0.3) is 0 Å². The fourth-order valence-electron chi connectivity index (χ4n) is 1.28. The highest BCUT2D eigenvalue weighted by Gasteiger charge is 2.29. The Morgan fingerprint density at radius 1 is 1.39 bits per heavy atom. The molecule has 4 nitrogen and oxygen atoms in total. The molecule has 7 heteroatoms. The lowest BCUT2D eigenvalue weighted by molar-refractivity contribution is -0.137. The van der Waals surface area contributed by atoms with E-state index in [1.807, 2.05) is 0 Å². The second-order valence-corrected chi connectivity index (χ2v) is 3.52. The Hall–Kier alpha value is -1.69. The number of hydrogen-bond donors (Lipinski definition) is 0. The Morgan fingerprint density at radius 3 is 2.50 bits per heavy atom. The topological polar surface area (TPSA) is 52.6 Å². The molecular weight excluding hydrogens is 270 g/mol. The van der Waals surface area contributed by atoms with Crippen LogP contribution in [0, 0.1) is 11.6 Å². The zero-order valence-corrected chi connectivity index (χ0v) is 10.3. The normalized spacial score (nSPS) is 10.1. The molecule has 1 aromatic rings. The molecular formula is C11H9ClF2O4. The minimum absolute atomic E-state index is 0.0719. The second kappa shape index (κ2) is 5.77. The summed E-state index contributed by atoms with van der Waals surface area (Å²) in [6, 6.07) is 0.650. The summed E-state index contributed by atoms with van der Waals surface area (Å²) >= 11 is 5.60. The Morgan fingerprint density at radius 2 is 2.00 bits per heavy atom. The largest absolute Gasteiger partial charge is 0.494 e. The Labute approximate surface area is 106 Å². The van der Waals surface area contributed by atoms with Gasteiger partial charge in [-0.05, 0) is 13.0 Å². The average Bonchev–Trinajstić information content (AvgIpc) is 2.32. The van der Waals surface area contributed by atoms with E-state index >= 15 is 0 Å². The summed E-state index contributed by atoms with van der Waals surface area (Å²) < 4.78 is 35.8. The quantitative estimate of drug-likeness (QED) is 0.367. The number of methoxy groups -OCH3 is 1. The van der Waals surface area contributed by atoms with Gasteiger partial charge in [0.1, 0.15) is 5.56 Å². The van der Waals surface area contributed by atoms with E-state index in [4.69, 9.17) is 16.3 Å². The predicted molar refractivity (Wildman–Crippen MR) is 58.9 cm³/mol. The van der Waals surface area contributed by atoms with E-state index in [1.165, 1.54) is 6.92 Å². The third kappa shape index (κ3) is 2.59. The van der Waals surface area contributed by atoms with E-state index in [0.29, 0.717) is 6.07 Å². The van der Waals surface area contributed by atoms with Gasteiger partial charge in [-0.25, -0.2) is 13.6 Å². The molecule has 0 aliphatic heterocycles. The summed E-state index contributed by atoms with van der Waals surface area (Å²) in [5.74, 6) is -5.93. The third-order valence-corrected chi connectivity index (χ3v) is 2.30. The molecule has 0 aliphatic carbocycles. The van der Waals surface area contributed by atoms with Crippen molar-refractivity contribution in [3.63, 3.8) is 0 Å². The number of benzene rings is 1. The molecule has 1 rings (SSSR count). The first-order chi connectivity index (χ1) is 8.43. The maximum absolute atomic E-state index is 13.5. The van der Waals surface area contributed by atoms with Gasteiger partial charge in [0.2, 0.25) is 0 Å². The number of hydrogen-bond acceptors (Lipinski definition) is 4. The summed E-state index contributed by atoms with van der Waals surface area (Å²) in [7, 11) is 1.11. The van der Waals surface area contributed by atoms with Gasteiger partial charge in [-0.1, -0.05) is 11.6 Å². The van der Waals surface area contributed by atoms with Gasteiger partial charge < -0.3 is 9.47 Å². The Balaban J connectivity index is 3.38. The highest BCUT2D eigenvalue weighted by molar-refractivity contribution is 6.42. The smallest absolute Gasteiger partial charge is 0.379 e. The lowest BCUT2D eigenvalue weighted by Gasteiger charge is -2.10. The van der Waals surface area contributed by atoms with Gasteiger partial charge in [0.25, 0.3) is 5.78 Å². The molecule has 0 atom stereocenters. The van der Waals surface area contributed by atoms with Gasteiger partial charge in [-0.15, -0.1) is 0 Å². The van der Waals surface area contributed by atoms with Crippen molar-refractivity contribution in [2.24, 2.45) is 0 Å². The maximum Gasteiger partial charge on any atom is 0.379 e.